The van der Waals surface area contributed by atoms with Gasteiger partial charge in [-0.2, -0.15) is 16.4 Å². The molecule has 2 heterocycles. The van der Waals surface area contributed by atoms with Gasteiger partial charge < -0.3 is 0 Å². The Morgan fingerprint density at radius 3 is 2.84 bits per heavy atom. The molecule has 102 valence electrons. The zero-order valence-corrected chi connectivity index (χ0v) is 12.1. The van der Waals surface area contributed by atoms with Gasteiger partial charge in [0.2, 0.25) is 0 Å². The highest BCUT2D eigenvalue weighted by Gasteiger charge is 2.13. The Morgan fingerprint density at radius 2 is 2.26 bits per heavy atom. The van der Waals surface area contributed by atoms with Gasteiger partial charge in [0, 0.05) is 22.9 Å². The van der Waals surface area contributed by atoms with Crippen LogP contribution in [0.3, 0.4) is 0 Å². The summed E-state index contributed by atoms with van der Waals surface area (Å²) in [6, 6.07) is 1.88. The third kappa shape index (κ3) is 3.30. The van der Waals surface area contributed by atoms with Gasteiger partial charge in [-0.3, -0.25) is 9.48 Å². The summed E-state index contributed by atoms with van der Waals surface area (Å²) in [5, 5.41) is 8.10. The second-order valence-electron chi connectivity index (χ2n) is 4.06. The van der Waals surface area contributed by atoms with E-state index in [4.69, 9.17) is 0 Å². The maximum absolute atomic E-state index is 11.5. The molecule has 0 amide bonds. The van der Waals surface area contributed by atoms with Gasteiger partial charge in [-0.05, 0) is 11.4 Å². The standard InChI is InChI=1S/C12H14N2O3S2/c1-2-19(16,17)6-4-14-7-11(8-15)12(13-14)10-3-5-18-9-10/h3,5,7-9H,2,4,6H2,1H3. The molecule has 0 spiro atoms. The molecular weight excluding hydrogens is 284 g/mol. The van der Waals surface area contributed by atoms with Gasteiger partial charge in [-0.1, -0.05) is 6.92 Å². The van der Waals surface area contributed by atoms with Crippen molar-refractivity contribution in [2.24, 2.45) is 0 Å². The maximum atomic E-state index is 11.5. The van der Waals surface area contributed by atoms with E-state index in [1.165, 1.54) is 16.0 Å². The van der Waals surface area contributed by atoms with Crippen LogP contribution < -0.4 is 0 Å². The molecule has 0 aliphatic rings. The van der Waals surface area contributed by atoms with Crippen molar-refractivity contribution in [2.75, 3.05) is 11.5 Å². The molecule has 0 N–H and O–H groups in total. The van der Waals surface area contributed by atoms with Crippen LogP contribution in [0.1, 0.15) is 17.3 Å². The van der Waals surface area contributed by atoms with Crippen molar-refractivity contribution in [3.8, 4) is 11.3 Å². The van der Waals surface area contributed by atoms with Gasteiger partial charge >= 0.3 is 0 Å². The van der Waals surface area contributed by atoms with Crippen molar-refractivity contribution in [3.05, 3.63) is 28.6 Å². The molecule has 0 radical (unpaired) electrons. The highest BCUT2D eigenvalue weighted by atomic mass is 32.2. The van der Waals surface area contributed by atoms with Gasteiger partial charge in [0.1, 0.15) is 5.69 Å². The molecule has 0 saturated heterocycles. The zero-order valence-electron chi connectivity index (χ0n) is 10.4. The first kappa shape index (κ1) is 14.0. The molecule has 2 aromatic heterocycles. The predicted octanol–water partition coefficient (Wildman–Crippen LogP) is 1.86. The highest BCUT2D eigenvalue weighted by molar-refractivity contribution is 7.91. The van der Waals surface area contributed by atoms with E-state index in [0.717, 1.165) is 11.8 Å². The predicted molar refractivity (Wildman–Crippen MR) is 75.3 cm³/mol. The smallest absolute Gasteiger partial charge is 0.153 e. The van der Waals surface area contributed by atoms with Crippen LogP contribution in [-0.4, -0.2) is 36.0 Å². The molecule has 0 saturated carbocycles. The van der Waals surface area contributed by atoms with E-state index in [0.29, 0.717) is 11.3 Å². The van der Waals surface area contributed by atoms with E-state index in [1.807, 2.05) is 16.8 Å². The number of hydrogen-bond acceptors (Lipinski definition) is 5. The quantitative estimate of drug-likeness (QED) is 0.763. The second kappa shape index (κ2) is 5.66. The van der Waals surface area contributed by atoms with Crippen LogP contribution in [0.5, 0.6) is 0 Å². The average molecular weight is 298 g/mol. The number of aldehydes is 1. The first-order valence-electron chi connectivity index (χ1n) is 5.81. The molecule has 7 heteroatoms. The Balaban J connectivity index is 2.23. The number of aryl methyl sites for hydroxylation is 1. The maximum Gasteiger partial charge on any atom is 0.153 e. The number of carbonyl (C=O) groups excluding carboxylic acids is 1. The number of thiophene rings is 1. The molecule has 2 rings (SSSR count). The molecule has 2 aromatic rings. The number of sulfone groups is 1. The number of aromatic nitrogens is 2. The Hall–Kier alpha value is -1.47. The third-order valence-electron chi connectivity index (χ3n) is 2.78. The lowest BCUT2D eigenvalue weighted by Gasteiger charge is -2.01. The fourth-order valence-electron chi connectivity index (χ4n) is 1.64. The fraction of sp³-hybridized carbons (Fsp3) is 0.333. The van der Waals surface area contributed by atoms with Crippen molar-refractivity contribution < 1.29 is 13.2 Å². The van der Waals surface area contributed by atoms with Crippen molar-refractivity contribution >= 4 is 27.5 Å². The van der Waals surface area contributed by atoms with Crippen LogP contribution in [0.4, 0.5) is 0 Å². The minimum Gasteiger partial charge on any atom is -0.298 e. The van der Waals surface area contributed by atoms with E-state index < -0.39 is 9.84 Å². The minimum absolute atomic E-state index is 0.0343. The molecule has 5 nitrogen and oxygen atoms in total. The SMILES string of the molecule is CCS(=O)(=O)CCn1cc(C=O)c(-c2ccsc2)n1. The summed E-state index contributed by atoms with van der Waals surface area (Å²) in [6.45, 7) is 1.88. The molecular formula is C12H14N2O3S2. The van der Waals surface area contributed by atoms with Gasteiger partial charge in [0.05, 0.1) is 17.9 Å². The number of hydrogen-bond donors (Lipinski definition) is 0. The van der Waals surface area contributed by atoms with Crippen LogP contribution in [0, 0.1) is 0 Å². The monoisotopic (exact) mass is 298 g/mol. The number of rotatable bonds is 6. The number of nitrogens with zero attached hydrogens (tertiary/aromatic N) is 2. The zero-order chi connectivity index (χ0) is 13.9. The summed E-state index contributed by atoms with van der Waals surface area (Å²) >= 11 is 1.52. The summed E-state index contributed by atoms with van der Waals surface area (Å²) in [5.74, 6) is 0.152. The van der Waals surface area contributed by atoms with Crippen LogP contribution in [0.25, 0.3) is 11.3 Å². The van der Waals surface area contributed by atoms with Gasteiger partial charge in [-0.25, -0.2) is 8.42 Å². The Bertz CT molecular complexity index is 657. The van der Waals surface area contributed by atoms with E-state index in [2.05, 4.69) is 5.10 Å². The molecule has 0 unspecified atom stereocenters. The lowest BCUT2D eigenvalue weighted by atomic mass is 10.2. The normalized spacial score (nSPS) is 11.6. The van der Waals surface area contributed by atoms with Crippen LogP contribution in [-0.2, 0) is 16.4 Å². The molecule has 0 aromatic carbocycles. The van der Waals surface area contributed by atoms with Crippen molar-refractivity contribution in [3.63, 3.8) is 0 Å². The molecule has 0 aliphatic carbocycles. The van der Waals surface area contributed by atoms with Gasteiger partial charge in [0.15, 0.2) is 16.1 Å². The van der Waals surface area contributed by atoms with Gasteiger partial charge in [0.25, 0.3) is 0 Å². The van der Waals surface area contributed by atoms with E-state index in [9.17, 15) is 13.2 Å². The topological polar surface area (TPSA) is 69.0 Å². The fourth-order valence-corrected chi connectivity index (χ4v) is 3.03. The molecule has 0 bridgehead atoms. The van der Waals surface area contributed by atoms with Crippen LogP contribution in [0.2, 0.25) is 0 Å². The first-order valence-corrected chi connectivity index (χ1v) is 8.58. The summed E-state index contributed by atoms with van der Waals surface area (Å²) in [7, 11) is -3.03. The average Bonchev–Trinajstić information content (AvgIpc) is 3.05. The van der Waals surface area contributed by atoms with E-state index in [1.54, 1.807) is 13.1 Å². The molecule has 0 atom stereocenters. The highest BCUT2D eigenvalue weighted by Crippen LogP contribution is 2.23. The Kier molecular flexibility index (Phi) is 4.16. The Labute approximate surface area is 115 Å². The first-order chi connectivity index (χ1) is 9.05. The largest absolute Gasteiger partial charge is 0.298 e. The lowest BCUT2D eigenvalue weighted by Crippen LogP contribution is -2.14. The van der Waals surface area contributed by atoms with Gasteiger partial charge in [-0.15, -0.1) is 0 Å². The molecule has 19 heavy (non-hydrogen) atoms. The van der Waals surface area contributed by atoms with Crippen LogP contribution in [0.15, 0.2) is 23.0 Å². The number of carbonyl (C=O) groups is 1. The van der Waals surface area contributed by atoms with E-state index in [-0.39, 0.29) is 18.1 Å². The van der Waals surface area contributed by atoms with E-state index >= 15 is 0 Å². The summed E-state index contributed by atoms with van der Waals surface area (Å²) < 4.78 is 24.4. The second-order valence-corrected chi connectivity index (χ2v) is 7.32. The summed E-state index contributed by atoms with van der Waals surface area (Å²) in [5.41, 5.74) is 1.96. The third-order valence-corrected chi connectivity index (χ3v) is 5.15. The van der Waals surface area contributed by atoms with Crippen molar-refractivity contribution in [2.45, 2.75) is 13.5 Å². The molecule has 0 fully saturated rings. The van der Waals surface area contributed by atoms with Crippen LogP contribution >= 0.6 is 11.3 Å². The molecule has 0 aliphatic heterocycles. The lowest BCUT2D eigenvalue weighted by molar-refractivity contribution is 0.112. The van der Waals surface area contributed by atoms with Crippen molar-refractivity contribution in [1.29, 1.82) is 0 Å². The summed E-state index contributed by atoms with van der Waals surface area (Å²) in [6.07, 6.45) is 2.33. The Morgan fingerprint density at radius 1 is 1.47 bits per heavy atom. The minimum atomic E-state index is -3.03. The summed E-state index contributed by atoms with van der Waals surface area (Å²) in [4.78, 5) is 11.0. The van der Waals surface area contributed by atoms with Crippen molar-refractivity contribution in [1.82, 2.24) is 9.78 Å².